The number of nitrogens with zero attached hydrogens (tertiary/aromatic N) is 1. The molecule has 124 valence electrons. The van der Waals surface area contributed by atoms with Crippen molar-refractivity contribution in [3.05, 3.63) is 65.2 Å². The molecule has 5 heteroatoms. The average molecular weight is 329 g/mol. The van der Waals surface area contributed by atoms with Gasteiger partial charge in [-0.1, -0.05) is 36.4 Å². The third kappa shape index (κ3) is 2.23. The molecule has 24 heavy (non-hydrogen) atoms. The van der Waals surface area contributed by atoms with E-state index in [-0.39, 0.29) is 6.42 Å². The zero-order valence-corrected chi connectivity index (χ0v) is 13.2. The van der Waals surface area contributed by atoms with Crippen LogP contribution in [0.25, 0.3) is 0 Å². The normalized spacial score (nSPS) is 24.7. The zero-order chi connectivity index (χ0) is 16.9. The Kier molecular flexibility index (Phi) is 3.42. The quantitative estimate of drug-likeness (QED) is 0.857. The topological polar surface area (TPSA) is 29.5 Å². The molecule has 2 heterocycles. The molecule has 0 saturated carbocycles. The monoisotopic (exact) mass is 329 g/mol. The van der Waals surface area contributed by atoms with Crippen LogP contribution in [0.15, 0.2) is 48.5 Å². The van der Waals surface area contributed by atoms with Gasteiger partial charge in [-0.2, -0.15) is 0 Å². The number of alkyl halides is 2. The van der Waals surface area contributed by atoms with E-state index < -0.39 is 23.8 Å². The number of ketones is 1. The van der Waals surface area contributed by atoms with Gasteiger partial charge in [0.25, 0.3) is 5.92 Å². The standard InChI is InChI=1S/C19H17F2NO2/c1-24-13-8-6-12(7-9-13)11-22-16-10-19(20,21)18(22)17(23)15-5-3-2-4-14(15)16/h2-9,16,18H,10-11H2,1H3. The van der Waals surface area contributed by atoms with Crippen LogP contribution in [0.1, 0.15) is 33.9 Å². The van der Waals surface area contributed by atoms with Crippen LogP contribution in [0.3, 0.4) is 0 Å². The van der Waals surface area contributed by atoms with E-state index in [2.05, 4.69) is 0 Å². The molecule has 2 aromatic carbocycles. The van der Waals surface area contributed by atoms with E-state index >= 15 is 0 Å². The molecule has 4 rings (SSSR count). The number of benzene rings is 2. The average Bonchev–Trinajstić information content (AvgIpc) is 2.80. The van der Waals surface area contributed by atoms with Crippen LogP contribution in [-0.4, -0.2) is 29.8 Å². The predicted octanol–water partition coefficient (Wildman–Crippen LogP) is 3.84. The number of rotatable bonds is 3. The van der Waals surface area contributed by atoms with Crippen molar-refractivity contribution in [1.82, 2.24) is 4.90 Å². The summed E-state index contributed by atoms with van der Waals surface area (Å²) in [5, 5.41) is 0. The molecule has 0 aliphatic carbocycles. The summed E-state index contributed by atoms with van der Waals surface area (Å²) < 4.78 is 34.1. The Bertz CT molecular complexity index is 788. The Morgan fingerprint density at radius 3 is 2.58 bits per heavy atom. The second kappa shape index (κ2) is 5.38. The van der Waals surface area contributed by atoms with E-state index in [9.17, 15) is 13.6 Å². The Morgan fingerprint density at radius 1 is 1.17 bits per heavy atom. The van der Waals surface area contributed by atoms with Crippen LogP contribution in [0.5, 0.6) is 5.75 Å². The maximum Gasteiger partial charge on any atom is 0.272 e. The Morgan fingerprint density at radius 2 is 1.88 bits per heavy atom. The van der Waals surface area contributed by atoms with Gasteiger partial charge >= 0.3 is 0 Å². The van der Waals surface area contributed by atoms with Crippen molar-refractivity contribution >= 4 is 5.78 Å². The summed E-state index contributed by atoms with van der Waals surface area (Å²) in [5.74, 6) is -2.77. The molecule has 0 aromatic heterocycles. The summed E-state index contributed by atoms with van der Waals surface area (Å²) in [5.41, 5.74) is 2.04. The summed E-state index contributed by atoms with van der Waals surface area (Å²) in [6.07, 6.45) is -0.309. The summed E-state index contributed by atoms with van der Waals surface area (Å²) in [4.78, 5) is 14.3. The van der Waals surface area contributed by atoms with Gasteiger partial charge in [-0.05, 0) is 23.3 Å². The van der Waals surface area contributed by atoms with Crippen molar-refractivity contribution in [1.29, 1.82) is 0 Å². The minimum atomic E-state index is -3.01. The predicted molar refractivity (Wildman–Crippen MR) is 85.4 cm³/mol. The highest BCUT2D eigenvalue weighted by Crippen LogP contribution is 2.51. The molecule has 2 unspecified atom stereocenters. The van der Waals surface area contributed by atoms with Crippen molar-refractivity contribution < 1.29 is 18.3 Å². The highest BCUT2D eigenvalue weighted by atomic mass is 19.3. The summed E-state index contributed by atoms with van der Waals surface area (Å²) in [6.45, 7) is 0.314. The number of ether oxygens (including phenoxy) is 1. The molecule has 2 aliphatic heterocycles. The summed E-state index contributed by atoms with van der Waals surface area (Å²) in [6, 6.07) is 12.5. The smallest absolute Gasteiger partial charge is 0.272 e. The van der Waals surface area contributed by atoms with Crippen LogP contribution in [-0.2, 0) is 6.54 Å². The summed E-state index contributed by atoms with van der Waals surface area (Å²) in [7, 11) is 1.58. The summed E-state index contributed by atoms with van der Waals surface area (Å²) >= 11 is 0. The molecule has 2 aliphatic rings. The number of halogens is 2. The van der Waals surface area contributed by atoms with E-state index in [4.69, 9.17) is 4.74 Å². The minimum absolute atomic E-state index is 0.309. The highest BCUT2D eigenvalue weighted by molar-refractivity contribution is 6.04. The first-order valence-electron chi connectivity index (χ1n) is 7.91. The molecule has 2 atom stereocenters. The molecule has 2 aromatic rings. The fourth-order valence-corrected chi connectivity index (χ4v) is 3.84. The second-order valence-electron chi connectivity index (χ2n) is 6.36. The SMILES string of the molecule is COc1ccc(CN2C3CC(F)(F)C2C(=O)c2ccccc23)cc1. The second-order valence-corrected chi connectivity index (χ2v) is 6.36. The Hall–Kier alpha value is -2.27. The van der Waals surface area contributed by atoms with Gasteiger partial charge in [-0.25, -0.2) is 8.78 Å². The van der Waals surface area contributed by atoms with Crippen molar-refractivity contribution in [2.24, 2.45) is 0 Å². The lowest BCUT2D eigenvalue weighted by atomic mass is 9.91. The molecule has 0 spiro atoms. The molecule has 0 amide bonds. The van der Waals surface area contributed by atoms with Crippen LogP contribution in [0.4, 0.5) is 8.78 Å². The molecule has 2 bridgehead atoms. The van der Waals surface area contributed by atoms with Crippen molar-refractivity contribution in [3.63, 3.8) is 0 Å². The number of fused-ring (bicyclic) bond motifs is 4. The largest absolute Gasteiger partial charge is 0.497 e. The molecule has 1 fully saturated rings. The Balaban J connectivity index is 1.72. The van der Waals surface area contributed by atoms with E-state index in [0.717, 1.165) is 5.56 Å². The first-order valence-corrected chi connectivity index (χ1v) is 7.91. The molecular formula is C19H17F2NO2. The van der Waals surface area contributed by atoms with Gasteiger partial charge in [0.2, 0.25) is 0 Å². The van der Waals surface area contributed by atoms with E-state index in [1.165, 1.54) is 0 Å². The number of hydrogen-bond donors (Lipinski definition) is 0. The van der Waals surface area contributed by atoms with Crippen molar-refractivity contribution in [2.45, 2.75) is 31.0 Å². The first kappa shape index (κ1) is 15.3. The van der Waals surface area contributed by atoms with Gasteiger partial charge in [-0.15, -0.1) is 0 Å². The van der Waals surface area contributed by atoms with E-state index in [1.807, 2.05) is 12.1 Å². The number of carbonyl (C=O) groups excluding carboxylic acids is 1. The molecule has 1 saturated heterocycles. The van der Waals surface area contributed by atoms with E-state index in [1.54, 1.807) is 48.4 Å². The zero-order valence-electron chi connectivity index (χ0n) is 13.2. The van der Waals surface area contributed by atoms with Crippen molar-refractivity contribution in [3.8, 4) is 5.75 Å². The number of carbonyl (C=O) groups is 1. The number of methoxy groups -OCH3 is 1. The minimum Gasteiger partial charge on any atom is -0.497 e. The maximum atomic E-state index is 14.5. The van der Waals surface area contributed by atoms with Crippen molar-refractivity contribution in [2.75, 3.05) is 7.11 Å². The van der Waals surface area contributed by atoms with Gasteiger partial charge in [0, 0.05) is 24.6 Å². The number of hydrogen-bond acceptors (Lipinski definition) is 3. The third-order valence-electron chi connectivity index (χ3n) is 4.96. The lowest BCUT2D eigenvalue weighted by Crippen LogP contribution is -2.48. The lowest BCUT2D eigenvalue weighted by Gasteiger charge is -2.35. The lowest BCUT2D eigenvalue weighted by molar-refractivity contribution is -0.0245. The van der Waals surface area contributed by atoms with Crippen LogP contribution >= 0.6 is 0 Å². The molecule has 0 N–H and O–H groups in total. The fraction of sp³-hybridized carbons (Fsp3) is 0.316. The van der Waals surface area contributed by atoms with Gasteiger partial charge in [-0.3, -0.25) is 9.69 Å². The van der Waals surface area contributed by atoms with Gasteiger partial charge < -0.3 is 4.74 Å². The molecule has 0 radical (unpaired) electrons. The Labute approximate surface area is 138 Å². The molecule has 3 nitrogen and oxygen atoms in total. The van der Waals surface area contributed by atoms with Crippen LogP contribution in [0, 0.1) is 0 Å². The highest BCUT2D eigenvalue weighted by Gasteiger charge is 2.60. The first-order chi connectivity index (χ1) is 11.5. The number of Topliss-reactive ketones (excluding diaryl/α,β-unsaturated/α-hetero) is 1. The third-order valence-corrected chi connectivity index (χ3v) is 4.96. The van der Waals surface area contributed by atoms with Gasteiger partial charge in [0.1, 0.15) is 11.8 Å². The van der Waals surface area contributed by atoms with Crippen LogP contribution in [0.2, 0.25) is 0 Å². The van der Waals surface area contributed by atoms with Crippen LogP contribution < -0.4 is 4.74 Å². The van der Waals surface area contributed by atoms with Gasteiger partial charge in [0.05, 0.1) is 7.11 Å². The fourth-order valence-electron chi connectivity index (χ4n) is 3.84. The van der Waals surface area contributed by atoms with Gasteiger partial charge in [0.15, 0.2) is 5.78 Å². The van der Waals surface area contributed by atoms with E-state index in [0.29, 0.717) is 23.4 Å². The molecular weight excluding hydrogens is 312 g/mol. The maximum absolute atomic E-state index is 14.5.